The van der Waals surface area contributed by atoms with Gasteiger partial charge in [-0.1, -0.05) is 11.6 Å². The van der Waals surface area contributed by atoms with Crippen LogP contribution in [0.25, 0.3) is 21.8 Å². The number of carbonyl (C=O) groups is 1. The third-order valence-corrected chi connectivity index (χ3v) is 3.36. The second-order valence-electron chi connectivity index (χ2n) is 4.19. The zero-order valence-electron chi connectivity index (χ0n) is 10.0. The molecule has 0 atom stereocenters. The number of benzene rings is 2. The van der Waals surface area contributed by atoms with Crippen LogP contribution >= 0.6 is 11.6 Å². The van der Waals surface area contributed by atoms with Crippen molar-refractivity contribution >= 4 is 39.4 Å². The Labute approximate surface area is 113 Å². The topological polar surface area (TPSA) is 62.3 Å². The summed E-state index contributed by atoms with van der Waals surface area (Å²) in [6.07, 6.45) is 0. The van der Waals surface area contributed by atoms with Crippen LogP contribution in [0.15, 0.2) is 30.3 Å². The number of carboxylic acids is 1. The molecule has 3 aromatic rings. The number of aromatic amines is 1. The van der Waals surface area contributed by atoms with E-state index in [0.717, 1.165) is 10.9 Å². The first-order valence-electron chi connectivity index (χ1n) is 5.63. The van der Waals surface area contributed by atoms with Gasteiger partial charge >= 0.3 is 5.97 Å². The van der Waals surface area contributed by atoms with Gasteiger partial charge in [0.1, 0.15) is 5.75 Å². The molecule has 0 bridgehead atoms. The molecule has 1 heterocycles. The van der Waals surface area contributed by atoms with Crippen LogP contribution in [0.2, 0.25) is 5.02 Å². The number of H-pyrrole nitrogens is 1. The lowest BCUT2D eigenvalue weighted by atomic mass is 10.1. The molecule has 0 unspecified atom stereocenters. The predicted molar refractivity (Wildman–Crippen MR) is 74.3 cm³/mol. The average molecular weight is 276 g/mol. The Hall–Kier alpha value is -2.20. The smallest absolute Gasteiger partial charge is 0.336 e. The van der Waals surface area contributed by atoms with E-state index in [1.54, 1.807) is 25.3 Å². The maximum absolute atomic E-state index is 11.4. The first-order chi connectivity index (χ1) is 9.11. The SMILES string of the molecule is COc1ccc(C(=O)O)c2c1[nH]c1ccc(Cl)cc12. The van der Waals surface area contributed by atoms with E-state index >= 15 is 0 Å². The van der Waals surface area contributed by atoms with Crippen LogP contribution in [0, 0.1) is 0 Å². The fourth-order valence-corrected chi connectivity index (χ4v) is 2.47. The third kappa shape index (κ3) is 1.72. The molecule has 2 aromatic carbocycles. The number of rotatable bonds is 2. The van der Waals surface area contributed by atoms with Gasteiger partial charge in [0.05, 0.1) is 18.2 Å². The molecule has 0 radical (unpaired) electrons. The molecule has 0 spiro atoms. The van der Waals surface area contributed by atoms with Crippen molar-refractivity contribution in [1.82, 2.24) is 4.98 Å². The zero-order chi connectivity index (χ0) is 13.6. The highest BCUT2D eigenvalue weighted by Crippen LogP contribution is 2.35. The molecule has 4 nitrogen and oxygen atoms in total. The normalized spacial score (nSPS) is 11.1. The molecule has 0 fully saturated rings. The molecule has 0 saturated heterocycles. The van der Waals surface area contributed by atoms with Crippen LogP contribution in [0.5, 0.6) is 5.75 Å². The molecule has 0 aliphatic rings. The Morgan fingerprint density at radius 3 is 2.79 bits per heavy atom. The van der Waals surface area contributed by atoms with E-state index in [1.807, 2.05) is 6.07 Å². The highest BCUT2D eigenvalue weighted by molar-refractivity contribution is 6.32. The van der Waals surface area contributed by atoms with Crippen molar-refractivity contribution in [2.75, 3.05) is 7.11 Å². The standard InChI is InChI=1S/C14H10ClNO3/c1-19-11-5-3-8(14(17)18)12-9-6-7(15)2-4-10(9)16-13(11)12/h2-6,16H,1H3,(H,17,18). The van der Waals surface area contributed by atoms with Crippen molar-refractivity contribution in [2.24, 2.45) is 0 Å². The molecule has 19 heavy (non-hydrogen) atoms. The average Bonchev–Trinajstić information content (AvgIpc) is 2.76. The predicted octanol–water partition coefficient (Wildman–Crippen LogP) is 3.68. The fraction of sp³-hybridized carbons (Fsp3) is 0.0714. The number of hydrogen-bond donors (Lipinski definition) is 2. The van der Waals surface area contributed by atoms with Gasteiger partial charge in [0.15, 0.2) is 0 Å². The Morgan fingerprint density at radius 2 is 2.11 bits per heavy atom. The van der Waals surface area contributed by atoms with Crippen molar-refractivity contribution in [3.63, 3.8) is 0 Å². The van der Waals surface area contributed by atoms with Crippen molar-refractivity contribution in [1.29, 1.82) is 0 Å². The molecular formula is C14H10ClNO3. The number of ether oxygens (including phenoxy) is 1. The second kappa shape index (κ2) is 4.17. The molecule has 2 N–H and O–H groups in total. The van der Waals surface area contributed by atoms with Crippen molar-refractivity contribution < 1.29 is 14.6 Å². The first kappa shape index (κ1) is 11.9. The Kier molecular flexibility index (Phi) is 2.61. The Balaban J connectivity index is 2.55. The van der Waals surface area contributed by atoms with Gasteiger partial charge < -0.3 is 14.8 Å². The van der Waals surface area contributed by atoms with Gasteiger partial charge in [-0.05, 0) is 30.3 Å². The summed E-state index contributed by atoms with van der Waals surface area (Å²) in [6, 6.07) is 8.51. The molecule has 0 saturated carbocycles. The number of fused-ring (bicyclic) bond motifs is 3. The number of hydrogen-bond acceptors (Lipinski definition) is 2. The lowest BCUT2D eigenvalue weighted by molar-refractivity contribution is 0.0699. The highest BCUT2D eigenvalue weighted by Gasteiger charge is 2.17. The zero-order valence-corrected chi connectivity index (χ0v) is 10.8. The van der Waals surface area contributed by atoms with E-state index in [1.165, 1.54) is 6.07 Å². The highest BCUT2D eigenvalue weighted by atomic mass is 35.5. The number of carboxylic acid groups (broad SMARTS) is 1. The minimum Gasteiger partial charge on any atom is -0.495 e. The molecule has 0 aliphatic heterocycles. The molecule has 0 aliphatic carbocycles. The Bertz CT molecular complexity index is 807. The van der Waals surface area contributed by atoms with Gasteiger partial charge in [-0.15, -0.1) is 0 Å². The molecule has 96 valence electrons. The molecule has 1 aromatic heterocycles. The molecule has 5 heteroatoms. The lowest BCUT2D eigenvalue weighted by Crippen LogP contribution is -1.97. The van der Waals surface area contributed by atoms with Gasteiger partial charge in [-0.25, -0.2) is 4.79 Å². The summed E-state index contributed by atoms with van der Waals surface area (Å²) in [5, 5.41) is 11.3. The van der Waals surface area contributed by atoms with Crippen molar-refractivity contribution in [3.8, 4) is 5.75 Å². The van der Waals surface area contributed by atoms with E-state index in [0.29, 0.717) is 21.7 Å². The monoisotopic (exact) mass is 275 g/mol. The van der Waals surface area contributed by atoms with E-state index in [4.69, 9.17) is 16.3 Å². The van der Waals surface area contributed by atoms with E-state index in [2.05, 4.69) is 4.98 Å². The maximum atomic E-state index is 11.4. The van der Waals surface area contributed by atoms with Crippen LogP contribution in [0.3, 0.4) is 0 Å². The summed E-state index contributed by atoms with van der Waals surface area (Å²) >= 11 is 5.99. The Morgan fingerprint density at radius 1 is 1.32 bits per heavy atom. The number of aromatic nitrogens is 1. The second-order valence-corrected chi connectivity index (χ2v) is 4.62. The van der Waals surface area contributed by atoms with E-state index < -0.39 is 5.97 Å². The number of nitrogens with one attached hydrogen (secondary N) is 1. The summed E-state index contributed by atoms with van der Waals surface area (Å²) in [4.78, 5) is 14.5. The van der Waals surface area contributed by atoms with Crippen LogP contribution in [0.4, 0.5) is 0 Å². The minimum atomic E-state index is -0.978. The summed E-state index contributed by atoms with van der Waals surface area (Å²) < 4.78 is 5.26. The van der Waals surface area contributed by atoms with Crippen LogP contribution < -0.4 is 4.74 Å². The fourth-order valence-electron chi connectivity index (χ4n) is 2.30. The minimum absolute atomic E-state index is 0.226. The maximum Gasteiger partial charge on any atom is 0.336 e. The third-order valence-electron chi connectivity index (χ3n) is 3.13. The number of methoxy groups -OCH3 is 1. The largest absolute Gasteiger partial charge is 0.495 e. The molecular weight excluding hydrogens is 266 g/mol. The lowest BCUT2D eigenvalue weighted by Gasteiger charge is -2.04. The van der Waals surface area contributed by atoms with Gasteiger partial charge in [0, 0.05) is 21.3 Å². The van der Waals surface area contributed by atoms with Gasteiger partial charge in [0.2, 0.25) is 0 Å². The van der Waals surface area contributed by atoms with Crippen LogP contribution in [-0.4, -0.2) is 23.2 Å². The molecule has 3 rings (SSSR count). The summed E-state index contributed by atoms with van der Waals surface area (Å²) in [7, 11) is 1.55. The quantitative estimate of drug-likeness (QED) is 0.750. The van der Waals surface area contributed by atoms with Gasteiger partial charge in [-0.3, -0.25) is 0 Å². The summed E-state index contributed by atoms with van der Waals surface area (Å²) in [6.45, 7) is 0. The van der Waals surface area contributed by atoms with E-state index in [-0.39, 0.29) is 5.56 Å². The summed E-state index contributed by atoms with van der Waals surface area (Å²) in [5.74, 6) is -0.374. The van der Waals surface area contributed by atoms with E-state index in [9.17, 15) is 9.90 Å². The van der Waals surface area contributed by atoms with Gasteiger partial charge in [0.25, 0.3) is 0 Å². The van der Waals surface area contributed by atoms with Crippen LogP contribution in [0.1, 0.15) is 10.4 Å². The number of halogens is 1. The first-order valence-corrected chi connectivity index (χ1v) is 6.01. The van der Waals surface area contributed by atoms with Crippen LogP contribution in [-0.2, 0) is 0 Å². The van der Waals surface area contributed by atoms with Gasteiger partial charge in [-0.2, -0.15) is 0 Å². The summed E-state index contributed by atoms with van der Waals surface area (Å²) in [5.41, 5.74) is 1.72. The number of aromatic carboxylic acids is 1. The van der Waals surface area contributed by atoms with Crippen molar-refractivity contribution in [2.45, 2.75) is 0 Å². The van der Waals surface area contributed by atoms with Crippen molar-refractivity contribution in [3.05, 3.63) is 40.9 Å². The molecule has 0 amide bonds.